The molecule has 0 bridgehead atoms. The topological polar surface area (TPSA) is 107 Å². The van der Waals surface area contributed by atoms with Gasteiger partial charge in [-0.15, -0.1) is 0 Å². The Morgan fingerprint density at radius 3 is 2.30 bits per heavy atom. The second-order valence-corrected chi connectivity index (χ2v) is 9.81. The van der Waals surface area contributed by atoms with Crippen molar-refractivity contribution in [2.24, 2.45) is 0 Å². The zero-order valence-corrected chi connectivity index (χ0v) is 23.3. The van der Waals surface area contributed by atoms with Crippen LogP contribution in [0.25, 0.3) is 16.0 Å². The molecule has 10 heteroatoms. The highest BCUT2D eigenvalue weighted by Crippen LogP contribution is 2.46. The summed E-state index contributed by atoms with van der Waals surface area (Å²) in [5, 5.41) is 11.8. The molecule has 0 saturated carbocycles. The number of aliphatic hydroxyl groups is 1. The van der Waals surface area contributed by atoms with Crippen molar-refractivity contribution in [3.8, 4) is 23.0 Å². The number of ketones is 1. The minimum absolute atomic E-state index is 0.0581. The lowest BCUT2D eigenvalue weighted by atomic mass is 9.95. The van der Waals surface area contributed by atoms with Gasteiger partial charge in [0.25, 0.3) is 5.78 Å². The number of hydrogen-bond acceptors (Lipinski definition) is 9. The van der Waals surface area contributed by atoms with E-state index in [0.29, 0.717) is 58.0 Å². The summed E-state index contributed by atoms with van der Waals surface area (Å²) in [7, 11) is 3.08. The van der Waals surface area contributed by atoms with Crippen molar-refractivity contribution in [2.45, 2.75) is 19.9 Å². The van der Waals surface area contributed by atoms with Crippen LogP contribution in [0.5, 0.6) is 23.0 Å². The average molecular weight is 561 g/mol. The van der Waals surface area contributed by atoms with E-state index in [4.69, 9.17) is 18.9 Å². The molecule has 1 fully saturated rings. The van der Waals surface area contributed by atoms with Crippen LogP contribution >= 0.6 is 11.3 Å². The first-order chi connectivity index (χ1) is 19.4. The molecule has 206 valence electrons. The van der Waals surface area contributed by atoms with E-state index in [1.807, 2.05) is 19.9 Å². The van der Waals surface area contributed by atoms with E-state index >= 15 is 0 Å². The third-order valence-corrected chi connectivity index (χ3v) is 7.49. The molecule has 5 rings (SSSR count). The standard InChI is InChI=1S/C30H28N2O7S/c1-5-38-19-10-7-17(8-11-19)27(33)25-26(18-9-14-22(39-6-2)23(15-18)37-4)32(29(35)28(25)34)30-31-21-13-12-20(36-3)16-24(21)40-30/h7-16,26,33H,5-6H2,1-4H3/b27-25+. The van der Waals surface area contributed by atoms with Gasteiger partial charge >= 0.3 is 5.91 Å². The fraction of sp³-hybridized carbons (Fsp3) is 0.233. The summed E-state index contributed by atoms with van der Waals surface area (Å²) in [5.41, 5.74) is 1.51. The third-order valence-electron chi connectivity index (χ3n) is 6.48. The van der Waals surface area contributed by atoms with E-state index < -0.39 is 17.7 Å². The molecule has 1 saturated heterocycles. The monoisotopic (exact) mass is 560 g/mol. The second-order valence-electron chi connectivity index (χ2n) is 8.80. The van der Waals surface area contributed by atoms with E-state index in [2.05, 4.69) is 4.98 Å². The normalized spacial score (nSPS) is 16.4. The van der Waals surface area contributed by atoms with E-state index in [0.717, 1.165) is 4.70 Å². The Morgan fingerprint density at radius 2 is 1.62 bits per heavy atom. The number of amides is 1. The van der Waals surface area contributed by atoms with Crippen molar-refractivity contribution in [1.29, 1.82) is 0 Å². The van der Waals surface area contributed by atoms with Gasteiger partial charge in [-0.05, 0) is 74.0 Å². The van der Waals surface area contributed by atoms with Crippen LogP contribution in [0.4, 0.5) is 5.13 Å². The zero-order valence-electron chi connectivity index (χ0n) is 22.5. The lowest BCUT2D eigenvalue weighted by Crippen LogP contribution is -2.29. The van der Waals surface area contributed by atoms with Gasteiger partial charge in [0.1, 0.15) is 17.3 Å². The second kappa shape index (κ2) is 11.3. The Balaban J connectivity index is 1.70. The van der Waals surface area contributed by atoms with Crippen LogP contribution in [-0.2, 0) is 9.59 Å². The number of hydrogen-bond donors (Lipinski definition) is 1. The Morgan fingerprint density at radius 1 is 0.900 bits per heavy atom. The molecule has 1 N–H and O–H groups in total. The number of benzene rings is 3. The van der Waals surface area contributed by atoms with Crippen LogP contribution in [0.2, 0.25) is 0 Å². The number of Topliss-reactive ketones (excluding diaryl/α,β-unsaturated/α-hetero) is 1. The molecular formula is C30H28N2O7S. The highest BCUT2D eigenvalue weighted by atomic mass is 32.1. The number of nitrogens with zero attached hydrogens (tertiary/aromatic N) is 2. The molecule has 1 atom stereocenters. The first kappa shape index (κ1) is 27.0. The molecule has 40 heavy (non-hydrogen) atoms. The number of carbonyl (C=O) groups excluding carboxylic acids is 2. The van der Waals surface area contributed by atoms with E-state index in [1.165, 1.54) is 23.3 Å². The Kier molecular flexibility index (Phi) is 7.61. The number of aliphatic hydroxyl groups excluding tert-OH is 1. The molecule has 1 amide bonds. The van der Waals surface area contributed by atoms with E-state index in [-0.39, 0.29) is 11.3 Å². The highest BCUT2D eigenvalue weighted by molar-refractivity contribution is 7.22. The van der Waals surface area contributed by atoms with Crippen LogP contribution in [0.15, 0.2) is 66.2 Å². The number of aromatic nitrogens is 1. The molecule has 0 radical (unpaired) electrons. The van der Waals surface area contributed by atoms with Crippen LogP contribution in [-0.4, -0.2) is 49.2 Å². The molecule has 1 aliphatic rings. The molecule has 1 aromatic heterocycles. The first-order valence-corrected chi connectivity index (χ1v) is 13.5. The van der Waals surface area contributed by atoms with E-state index in [9.17, 15) is 14.7 Å². The maximum atomic E-state index is 13.6. The number of carbonyl (C=O) groups is 2. The van der Waals surface area contributed by atoms with Crippen molar-refractivity contribution in [1.82, 2.24) is 4.98 Å². The number of thiazole rings is 1. The molecule has 0 aliphatic carbocycles. The van der Waals surface area contributed by atoms with Crippen molar-refractivity contribution < 1.29 is 33.6 Å². The van der Waals surface area contributed by atoms with Crippen LogP contribution < -0.4 is 23.8 Å². The van der Waals surface area contributed by atoms with Gasteiger partial charge in [-0.3, -0.25) is 14.5 Å². The fourth-order valence-corrected chi connectivity index (χ4v) is 5.65. The quantitative estimate of drug-likeness (QED) is 0.157. The summed E-state index contributed by atoms with van der Waals surface area (Å²) in [4.78, 5) is 33.1. The molecule has 4 aromatic rings. The van der Waals surface area contributed by atoms with Crippen molar-refractivity contribution in [2.75, 3.05) is 32.3 Å². The van der Waals surface area contributed by atoms with Gasteiger partial charge < -0.3 is 24.1 Å². The minimum atomic E-state index is -0.974. The van der Waals surface area contributed by atoms with Crippen LogP contribution in [0.3, 0.4) is 0 Å². The van der Waals surface area contributed by atoms with Crippen molar-refractivity contribution in [3.63, 3.8) is 0 Å². The van der Waals surface area contributed by atoms with Gasteiger partial charge in [0.15, 0.2) is 16.6 Å². The molecule has 9 nitrogen and oxygen atoms in total. The number of anilines is 1. The van der Waals surface area contributed by atoms with E-state index in [1.54, 1.807) is 61.7 Å². The van der Waals surface area contributed by atoms with Crippen LogP contribution in [0.1, 0.15) is 31.0 Å². The SMILES string of the molecule is CCOc1ccc(/C(O)=C2\C(=O)C(=O)N(c3nc4ccc(OC)cc4s3)C2c2ccc(OCC)c(OC)c2)cc1. The zero-order chi connectivity index (χ0) is 28.4. The Hall–Kier alpha value is -4.57. The molecule has 2 heterocycles. The largest absolute Gasteiger partial charge is 0.507 e. The number of fused-ring (bicyclic) bond motifs is 1. The maximum absolute atomic E-state index is 13.6. The highest BCUT2D eigenvalue weighted by Gasteiger charge is 2.48. The van der Waals surface area contributed by atoms with Gasteiger partial charge in [-0.2, -0.15) is 0 Å². The van der Waals surface area contributed by atoms with Gasteiger partial charge in [0, 0.05) is 5.56 Å². The van der Waals surface area contributed by atoms with Gasteiger partial charge in [-0.1, -0.05) is 17.4 Å². The molecule has 0 spiro atoms. The summed E-state index contributed by atoms with van der Waals surface area (Å²) >= 11 is 1.25. The Labute approximate surface area is 235 Å². The smallest absolute Gasteiger partial charge is 0.301 e. The average Bonchev–Trinajstić information content (AvgIpc) is 3.51. The number of ether oxygens (including phenoxy) is 4. The third kappa shape index (κ3) is 4.82. The van der Waals surface area contributed by atoms with Crippen molar-refractivity contribution in [3.05, 3.63) is 77.4 Å². The fourth-order valence-electron chi connectivity index (χ4n) is 4.63. The number of rotatable bonds is 9. The molecule has 1 unspecified atom stereocenters. The predicted molar refractivity (Wildman–Crippen MR) is 153 cm³/mol. The van der Waals surface area contributed by atoms with Crippen LogP contribution in [0, 0.1) is 0 Å². The minimum Gasteiger partial charge on any atom is -0.507 e. The summed E-state index contributed by atoms with van der Waals surface area (Å²) in [6, 6.07) is 16.3. The summed E-state index contributed by atoms with van der Waals surface area (Å²) in [6.07, 6.45) is 0. The molecular weight excluding hydrogens is 532 g/mol. The lowest BCUT2D eigenvalue weighted by molar-refractivity contribution is -0.132. The molecule has 3 aromatic carbocycles. The summed E-state index contributed by atoms with van der Waals surface area (Å²) in [6.45, 7) is 4.66. The lowest BCUT2D eigenvalue weighted by Gasteiger charge is -2.24. The maximum Gasteiger partial charge on any atom is 0.301 e. The van der Waals surface area contributed by atoms with Gasteiger partial charge in [0.2, 0.25) is 0 Å². The predicted octanol–water partition coefficient (Wildman–Crippen LogP) is 5.74. The summed E-state index contributed by atoms with van der Waals surface area (Å²) in [5.74, 6) is 0.302. The van der Waals surface area contributed by atoms with Crippen molar-refractivity contribution >= 4 is 44.1 Å². The Bertz CT molecular complexity index is 1610. The van der Waals surface area contributed by atoms with Gasteiger partial charge in [0.05, 0.1) is 49.3 Å². The summed E-state index contributed by atoms with van der Waals surface area (Å²) < 4.78 is 22.8. The number of methoxy groups -OCH3 is 2. The first-order valence-electron chi connectivity index (χ1n) is 12.7. The van der Waals surface area contributed by atoms with Gasteiger partial charge in [-0.25, -0.2) is 4.98 Å². The molecule has 1 aliphatic heterocycles.